The summed E-state index contributed by atoms with van der Waals surface area (Å²) in [5.41, 5.74) is 1.46. The van der Waals surface area contributed by atoms with Crippen molar-refractivity contribution in [3.8, 4) is 5.75 Å². The number of halogens is 2. The number of phenolic OH excluding ortho intramolecular Hbond substituents is 1. The molecule has 0 aromatic heterocycles. The molecule has 5 heteroatoms. The molecule has 2 aromatic carbocycles. The molecule has 0 bridgehead atoms. The van der Waals surface area contributed by atoms with Gasteiger partial charge in [-0.2, -0.15) is 0 Å². The highest BCUT2D eigenvalue weighted by atomic mass is 35.5. The number of nitrogens with zero attached hydrogens (tertiary/aromatic N) is 1. The van der Waals surface area contributed by atoms with Crippen LogP contribution in [0.25, 0.3) is 10.8 Å². The third-order valence-electron chi connectivity index (χ3n) is 4.57. The number of aromatic hydroxyl groups is 1. The quantitative estimate of drug-likeness (QED) is 0.822. The molecule has 0 saturated carbocycles. The van der Waals surface area contributed by atoms with Crippen LogP contribution in [-0.2, 0) is 0 Å². The van der Waals surface area contributed by atoms with Crippen LogP contribution in [0.4, 0.5) is 0 Å². The molecule has 24 heavy (non-hydrogen) atoms. The van der Waals surface area contributed by atoms with Crippen molar-refractivity contribution in [3.63, 3.8) is 0 Å². The molecule has 1 atom stereocenters. The lowest BCUT2D eigenvalue weighted by Gasteiger charge is -2.43. The summed E-state index contributed by atoms with van der Waals surface area (Å²) in [6.45, 7) is 11.1. The van der Waals surface area contributed by atoms with E-state index in [0.29, 0.717) is 11.8 Å². The van der Waals surface area contributed by atoms with Crippen molar-refractivity contribution in [2.24, 2.45) is 5.41 Å². The molecule has 1 saturated heterocycles. The van der Waals surface area contributed by atoms with E-state index in [1.54, 1.807) is 0 Å². The van der Waals surface area contributed by atoms with Gasteiger partial charge in [0.15, 0.2) is 0 Å². The van der Waals surface area contributed by atoms with Crippen molar-refractivity contribution in [2.75, 3.05) is 26.2 Å². The highest BCUT2D eigenvalue weighted by Crippen LogP contribution is 2.42. The maximum absolute atomic E-state index is 10.2. The van der Waals surface area contributed by atoms with Crippen LogP contribution in [0.2, 0.25) is 0 Å². The molecule has 2 N–H and O–H groups in total. The summed E-state index contributed by atoms with van der Waals surface area (Å²) in [5, 5.41) is 15.7. The second-order valence-corrected chi connectivity index (χ2v) is 7.27. The van der Waals surface area contributed by atoms with Crippen molar-refractivity contribution in [2.45, 2.75) is 26.8 Å². The highest BCUT2D eigenvalue weighted by molar-refractivity contribution is 5.91. The molecule has 3 nitrogen and oxygen atoms in total. The van der Waals surface area contributed by atoms with Crippen LogP contribution in [0.3, 0.4) is 0 Å². The Morgan fingerprint density at radius 3 is 2.12 bits per heavy atom. The fourth-order valence-electron chi connectivity index (χ4n) is 3.70. The minimum absolute atomic E-state index is 0. The molecule has 1 fully saturated rings. The number of benzene rings is 2. The van der Waals surface area contributed by atoms with Crippen LogP contribution in [0.1, 0.15) is 32.4 Å². The Morgan fingerprint density at radius 1 is 0.958 bits per heavy atom. The fraction of sp³-hybridized carbons (Fsp3) is 0.474. The summed E-state index contributed by atoms with van der Waals surface area (Å²) in [7, 11) is 0. The summed E-state index contributed by atoms with van der Waals surface area (Å²) >= 11 is 0. The minimum Gasteiger partial charge on any atom is -0.507 e. The molecular formula is C19H28Cl2N2O. The summed E-state index contributed by atoms with van der Waals surface area (Å²) in [6, 6.07) is 12.5. The molecule has 3 rings (SSSR count). The first kappa shape index (κ1) is 21.0. The number of nitrogens with one attached hydrogen (secondary N) is 1. The normalized spacial score (nSPS) is 17.0. The first-order valence-corrected chi connectivity index (χ1v) is 8.14. The Bertz CT molecular complexity index is 664. The van der Waals surface area contributed by atoms with Gasteiger partial charge >= 0.3 is 0 Å². The Balaban J connectivity index is 0.00000144. The zero-order valence-corrected chi connectivity index (χ0v) is 16.2. The van der Waals surface area contributed by atoms with Crippen LogP contribution in [0.5, 0.6) is 5.75 Å². The number of piperazine rings is 1. The summed E-state index contributed by atoms with van der Waals surface area (Å²) < 4.78 is 0. The van der Waals surface area contributed by atoms with Gasteiger partial charge < -0.3 is 10.4 Å². The Labute approximate surface area is 157 Å². The number of hydrogen-bond donors (Lipinski definition) is 2. The van der Waals surface area contributed by atoms with Gasteiger partial charge in [-0.05, 0) is 22.4 Å². The number of phenols is 1. The largest absolute Gasteiger partial charge is 0.507 e. The molecule has 0 aliphatic carbocycles. The second kappa shape index (κ2) is 8.39. The molecule has 134 valence electrons. The van der Waals surface area contributed by atoms with Crippen LogP contribution < -0.4 is 5.32 Å². The first-order chi connectivity index (χ1) is 10.5. The zero-order chi connectivity index (χ0) is 15.7. The lowest BCUT2D eigenvalue weighted by molar-refractivity contribution is 0.0872. The molecule has 0 unspecified atom stereocenters. The average Bonchev–Trinajstić information content (AvgIpc) is 2.50. The standard InChI is InChI=1S/C19H26N2O.2ClH/c1-19(2,3)18(21-12-10-20-11-13-21)16-8-9-17(22)15-7-5-4-6-14(15)16;;/h4-9,18,20,22H,10-13H2,1-3H3;2*1H/t18-;;/m0../s1. The summed E-state index contributed by atoms with van der Waals surface area (Å²) in [6.07, 6.45) is 0. The first-order valence-electron chi connectivity index (χ1n) is 8.14. The smallest absolute Gasteiger partial charge is 0.123 e. The number of hydrogen-bond acceptors (Lipinski definition) is 3. The number of fused-ring (bicyclic) bond motifs is 1. The van der Waals surface area contributed by atoms with Gasteiger partial charge in [-0.1, -0.05) is 51.1 Å². The third kappa shape index (κ3) is 4.15. The fourth-order valence-corrected chi connectivity index (χ4v) is 3.70. The van der Waals surface area contributed by atoms with E-state index in [-0.39, 0.29) is 30.2 Å². The van der Waals surface area contributed by atoms with Gasteiger partial charge in [0.25, 0.3) is 0 Å². The molecular weight excluding hydrogens is 343 g/mol. The van der Waals surface area contributed by atoms with E-state index >= 15 is 0 Å². The van der Waals surface area contributed by atoms with Gasteiger partial charge in [-0.15, -0.1) is 24.8 Å². The van der Waals surface area contributed by atoms with Gasteiger partial charge in [0.2, 0.25) is 0 Å². The van der Waals surface area contributed by atoms with Gasteiger partial charge in [0.1, 0.15) is 5.75 Å². The van der Waals surface area contributed by atoms with Gasteiger partial charge in [-0.25, -0.2) is 0 Å². The van der Waals surface area contributed by atoms with Crippen molar-refractivity contribution in [1.82, 2.24) is 10.2 Å². The molecule has 0 spiro atoms. The molecule has 1 heterocycles. The Kier molecular flexibility index (Phi) is 7.36. The Hall–Kier alpha value is -1.000. The molecule has 0 amide bonds. The summed E-state index contributed by atoms with van der Waals surface area (Å²) in [4.78, 5) is 2.58. The van der Waals surface area contributed by atoms with E-state index in [1.807, 2.05) is 18.2 Å². The zero-order valence-electron chi connectivity index (χ0n) is 14.6. The average molecular weight is 371 g/mol. The van der Waals surface area contributed by atoms with E-state index in [0.717, 1.165) is 31.6 Å². The third-order valence-corrected chi connectivity index (χ3v) is 4.57. The van der Waals surface area contributed by atoms with Gasteiger partial charge in [0, 0.05) is 37.6 Å². The van der Waals surface area contributed by atoms with E-state index in [4.69, 9.17) is 0 Å². The van der Waals surface area contributed by atoms with Crippen LogP contribution in [-0.4, -0.2) is 36.2 Å². The monoisotopic (exact) mass is 370 g/mol. The van der Waals surface area contributed by atoms with Gasteiger partial charge in [0.05, 0.1) is 0 Å². The van der Waals surface area contributed by atoms with Crippen molar-refractivity contribution in [1.29, 1.82) is 0 Å². The molecule has 1 aliphatic rings. The highest BCUT2D eigenvalue weighted by Gasteiger charge is 2.33. The topological polar surface area (TPSA) is 35.5 Å². The van der Waals surface area contributed by atoms with Crippen molar-refractivity contribution < 1.29 is 5.11 Å². The molecule has 1 aliphatic heterocycles. The van der Waals surface area contributed by atoms with E-state index < -0.39 is 0 Å². The lowest BCUT2D eigenvalue weighted by atomic mass is 9.79. The van der Waals surface area contributed by atoms with Crippen LogP contribution in [0, 0.1) is 5.41 Å². The molecule has 2 aromatic rings. The summed E-state index contributed by atoms with van der Waals surface area (Å²) in [5.74, 6) is 0.368. The maximum atomic E-state index is 10.2. The predicted octanol–water partition coefficient (Wildman–Crippen LogP) is 4.38. The van der Waals surface area contributed by atoms with E-state index in [9.17, 15) is 5.11 Å². The van der Waals surface area contributed by atoms with Crippen LogP contribution >= 0.6 is 24.8 Å². The van der Waals surface area contributed by atoms with Crippen molar-refractivity contribution in [3.05, 3.63) is 42.0 Å². The van der Waals surface area contributed by atoms with Crippen molar-refractivity contribution >= 4 is 35.6 Å². The van der Waals surface area contributed by atoms with Crippen LogP contribution in [0.15, 0.2) is 36.4 Å². The Morgan fingerprint density at radius 2 is 1.54 bits per heavy atom. The predicted molar refractivity (Wildman–Crippen MR) is 107 cm³/mol. The lowest BCUT2D eigenvalue weighted by Crippen LogP contribution is -2.48. The maximum Gasteiger partial charge on any atom is 0.123 e. The number of rotatable bonds is 2. The van der Waals surface area contributed by atoms with Gasteiger partial charge in [-0.3, -0.25) is 4.90 Å². The second-order valence-electron chi connectivity index (χ2n) is 7.27. The van der Waals surface area contributed by atoms with E-state index in [2.05, 4.69) is 49.2 Å². The SMILES string of the molecule is CC(C)(C)[C@H](c1ccc(O)c2ccccc12)N1CCNCC1.Cl.Cl. The van der Waals surface area contributed by atoms with E-state index in [1.165, 1.54) is 10.9 Å². The molecule has 0 radical (unpaired) electrons. The minimum atomic E-state index is 0.